The zero-order valence-corrected chi connectivity index (χ0v) is 10.7. The van der Waals surface area contributed by atoms with Crippen molar-refractivity contribution in [2.45, 2.75) is 4.90 Å². The van der Waals surface area contributed by atoms with Crippen molar-refractivity contribution in [3.8, 4) is 6.07 Å². The number of rotatable bonds is 3. The minimum Gasteiger partial charge on any atom is -0.279 e. The third-order valence-corrected chi connectivity index (χ3v) is 3.70. The number of sulfonamides is 1. The molecule has 0 spiro atoms. The number of pyridine rings is 1. The largest absolute Gasteiger partial charge is 0.279 e. The van der Waals surface area contributed by atoms with Crippen LogP contribution in [-0.4, -0.2) is 13.4 Å². The summed E-state index contributed by atoms with van der Waals surface area (Å²) < 4.78 is 51.7. The quantitative estimate of drug-likeness (QED) is 0.939. The first-order valence-corrected chi connectivity index (χ1v) is 6.75. The molecule has 0 saturated carbocycles. The first-order chi connectivity index (χ1) is 9.42. The molecular weight excluding hydrogens is 288 g/mol. The fourth-order valence-electron chi connectivity index (χ4n) is 1.38. The number of nitrogens with zero attached hydrogens (tertiary/aromatic N) is 2. The van der Waals surface area contributed by atoms with E-state index in [1.807, 2.05) is 0 Å². The molecule has 1 heterocycles. The molecule has 1 aromatic heterocycles. The monoisotopic (exact) mass is 295 g/mol. The second-order valence-electron chi connectivity index (χ2n) is 3.73. The summed E-state index contributed by atoms with van der Waals surface area (Å²) in [5, 5.41) is 8.57. The van der Waals surface area contributed by atoms with Crippen LogP contribution in [0.4, 0.5) is 14.5 Å². The van der Waals surface area contributed by atoms with Gasteiger partial charge in [0.05, 0.1) is 5.69 Å². The second-order valence-corrected chi connectivity index (χ2v) is 5.41. The molecule has 1 aromatic carbocycles. The Hall–Kier alpha value is -2.53. The Labute approximate surface area is 113 Å². The SMILES string of the molecule is N#Cc1ccc(S(=O)(=O)Nc2ccc(F)c(F)c2)cn1. The average Bonchev–Trinajstić information content (AvgIpc) is 2.43. The Kier molecular flexibility index (Phi) is 3.63. The normalized spacial score (nSPS) is 10.8. The third-order valence-electron chi connectivity index (χ3n) is 2.33. The van der Waals surface area contributed by atoms with E-state index in [4.69, 9.17) is 5.26 Å². The molecule has 0 atom stereocenters. The number of nitriles is 1. The Bertz CT molecular complexity index is 783. The predicted octanol–water partition coefficient (Wildman–Crippen LogP) is 2.03. The highest BCUT2D eigenvalue weighted by atomic mass is 32.2. The van der Waals surface area contributed by atoms with Crippen molar-refractivity contribution >= 4 is 15.7 Å². The number of anilines is 1. The van der Waals surface area contributed by atoms with Gasteiger partial charge in [-0.1, -0.05) is 0 Å². The molecule has 0 aliphatic heterocycles. The molecule has 0 unspecified atom stereocenters. The summed E-state index contributed by atoms with van der Waals surface area (Å²) in [5.74, 6) is -2.24. The summed E-state index contributed by atoms with van der Waals surface area (Å²) in [6, 6.07) is 6.80. The summed E-state index contributed by atoms with van der Waals surface area (Å²) in [4.78, 5) is 3.43. The highest BCUT2D eigenvalue weighted by Gasteiger charge is 2.15. The average molecular weight is 295 g/mol. The van der Waals surface area contributed by atoms with Crippen molar-refractivity contribution in [3.63, 3.8) is 0 Å². The summed E-state index contributed by atoms with van der Waals surface area (Å²) in [7, 11) is -3.98. The third kappa shape index (κ3) is 2.89. The van der Waals surface area contributed by atoms with E-state index >= 15 is 0 Å². The van der Waals surface area contributed by atoms with Crippen LogP contribution >= 0.6 is 0 Å². The minimum absolute atomic E-state index is 0.0665. The van der Waals surface area contributed by atoms with Crippen LogP contribution in [0.3, 0.4) is 0 Å². The van der Waals surface area contributed by atoms with Crippen molar-refractivity contribution in [2.75, 3.05) is 4.72 Å². The molecule has 1 N–H and O–H groups in total. The van der Waals surface area contributed by atoms with Gasteiger partial charge in [0.25, 0.3) is 10.0 Å². The summed E-state index contributed by atoms with van der Waals surface area (Å²) >= 11 is 0. The van der Waals surface area contributed by atoms with Gasteiger partial charge in [-0.15, -0.1) is 0 Å². The van der Waals surface area contributed by atoms with Gasteiger partial charge in [0.15, 0.2) is 11.6 Å². The van der Waals surface area contributed by atoms with Crippen molar-refractivity contribution in [1.82, 2.24) is 4.98 Å². The van der Waals surface area contributed by atoms with E-state index in [-0.39, 0.29) is 16.3 Å². The number of benzene rings is 1. The van der Waals surface area contributed by atoms with E-state index in [2.05, 4.69) is 9.71 Å². The summed E-state index contributed by atoms with van der Waals surface area (Å²) in [6.07, 6.45) is 1.00. The standard InChI is InChI=1S/C12H7F2N3O2S/c13-11-4-2-8(5-12(11)14)17-20(18,19)10-3-1-9(6-15)16-7-10/h1-5,7,17H. The molecule has 2 aromatic rings. The van der Waals surface area contributed by atoms with Gasteiger partial charge >= 0.3 is 0 Å². The lowest BCUT2D eigenvalue weighted by Gasteiger charge is -2.07. The first kappa shape index (κ1) is 13.9. The molecule has 0 radical (unpaired) electrons. The van der Waals surface area contributed by atoms with Crippen LogP contribution in [0.1, 0.15) is 5.69 Å². The van der Waals surface area contributed by atoms with Gasteiger partial charge in [-0.05, 0) is 24.3 Å². The lowest BCUT2D eigenvalue weighted by Crippen LogP contribution is -2.13. The molecule has 0 aliphatic rings. The molecule has 0 amide bonds. The van der Waals surface area contributed by atoms with Gasteiger partial charge in [0.1, 0.15) is 16.7 Å². The molecule has 0 bridgehead atoms. The molecule has 8 heteroatoms. The topological polar surface area (TPSA) is 82.8 Å². The van der Waals surface area contributed by atoms with Crippen LogP contribution < -0.4 is 4.72 Å². The number of halogens is 2. The minimum atomic E-state index is -3.98. The van der Waals surface area contributed by atoms with Crippen LogP contribution in [-0.2, 0) is 10.0 Å². The van der Waals surface area contributed by atoms with E-state index in [1.54, 1.807) is 6.07 Å². The Morgan fingerprint density at radius 3 is 2.45 bits per heavy atom. The lowest BCUT2D eigenvalue weighted by atomic mass is 10.3. The van der Waals surface area contributed by atoms with Gasteiger partial charge in [-0.2, -0.15) is 5.26 Å². The van der Waals surface area contributed by atoms with Crippen molar-refractivity contribution in [3.05, 3.63) is 53.9 Å². The van der Waals surface area contributed by atoms with Gasteiger partial charge < -0.3 is 0 Å². The van der Waals surface area contributed by atoms with E-state index in [9.17, 15) is 17.2 Å². The number of aromatic nitrogens is 1. The molecule has 0 fully saturated rings. The fraction of sp³-hybridized carbons (Fsp3) is 0. The molecular formula is C12H7F2N3O2S. The molecule has 5 nitrogen and oxygen atoms in total. The van der Waals surface area contributed by atoms with Crippen LogP contribution in [0.15, 0.2) is 41.4 Å². The second kappa shape index (κ2) is 5.22. The molecule has 0 saturated heterocycles. The lowest BCUT2D eigenvalue weighted by molar-refractivity contribution is 0.509. The Morgan fingerprint density at radius 1 is 1.15 bits per heavy atom. The van der Waals surface area contributed by atoms with Gasteiger partial charge in [-0.25, -0.2) is 22.2 Å². The number of nitrogens with one attached hydrogen (secondary N) is 1. The molecule has 2 rings (SSSR count). The number of hydrogen-bond donors (Lipinski definition) is 1. The Balaban J connectivity index is 2.30. The van der Waals surface area contributed by atoms with Gasteiger partial charge in [0.2, 0.25) is 0 Å². The Morgan fingerprint density at radius 2 is 1.90 bits per heavy atom. The smallest absolute Gasteiger partial charge is 0.263 e. The highest BCUT2D eigenvalue weighted by Crippen LogP contribution is 2.18. The van der Waals surface area contributed by atoms with Crippen LogP contribution in [0.25, 0.3) is 0 Å². The van der Waals surface area contributed by atoms with Gasteiger partial charge in [0, 0.05) is 12.3 Å². The summed E-state index contributed by atoms with van der Waals surface area (Å²) in [5.41, 5.74) is -0.0509. The van der Waals surface area contributed by atoms with Gasteiger partial charge in [-0.3, -0.25) is 4.72 Å². The first-order valence-electron chi connectivity index (χ1n) is 5.26. The maximum atomic E-state index is 13.0. The van der Waals surface area contributed by atoms with Crippen molar-refractivity contribution in [2.24, 2.45) is 0 Å². The van der Waals surface area contributed by atoms with Crippen LogP contribution in [0, 0.1) is 23.0 Å². The molecule has 20 heavy (non-hydrogen) atoms. The number of hydrogen-bond acceptors (Lipinski definition) is 4. The zero-order valence-electron chi connectivity index (χ0n) is 9.84. The van der Waals surface area contributed by atoms with E-state index < -0.39 is 21.7 Å². The van der Waals surface area contributed by atoms with E-state index in [1.165, 1.54) is 12.1 Å². The maximum Gasteiger partial charge on any atom is 0.263 e. The van der Waals surface area contributed by atoms with Crippen molar-refractivity contribution < 1.29 is 17.2 Å². The molecule has 102 valence electrons. The molecule has 0 aliphatic carbocycles. The van der Waals surface area contributed by atoms with E-state index in [0.29, 0.717) is 0 Å². The predicted molar refractivity (Wildman–Crippen MR) is 66.1 cm³/mol. The van der Waals surface area contributed by atoms with Crippen LogP contribution in [0.5, 0.6) is 0 Å². The fourth-order valence-corrected chi connectivity index (χ4v) is 2.37. The highest BCUT2D eigenvalue weighted by molar-refractivity contribution is 7.92. The van der Waals surface area contributed by atoms with E-state index in [0.717, 1.165) is 24.4 Å². The summed E-state index contributed by atoms with van der Waals surface area (Å²) in [6.45, 7) is 0. The zero-order chi connectivity index (χ0) is 14.8. The van der Waals surface area contributed by atoms with Crippen LogP contribution in [0.2, 0.25) is 0 Å². The van der Waals surface area contributed by atoms with Crippen molar-refractivity contribution in [1.29, 1.82) is 5.26 Å². The maximum absolute atomic E-state index is 13.0.